The Bertz CT molecular complexity index is 1340. The number of pyridine rings is 1. The second-order valence-electron chi connectivity index (χ2n) is 6.65. The van der Waals surface area contributed by atoms with Crippen LogP contribution in [0, 0.1) is 6.92 Å². The molecule has 0 amide bonds. The summed E-state index contributed by atoms with van der Waals surface area (Å²) in [4.78, 5) is 29.6. The third kappa shape index (κ3) is 3.84. The number of nitrogens with zero attached hydrogens (tertiary/aromatic N) is 8. The summed E-state index contributed by atoms with van der Waals surface area (Å²) in [6, 6.07) is 1.74. The maximum absolute atomic E-state index is 12.8. The van der Waals surface area contributed by atoms with Gasteiger partial charge in [-0.25, -0.2) is 33.1 Å². The lowest BCUT2D eigenvalue weighted by atomic mass is 10.2. The predicted molar refractivity (Wildman–Crippen MR) is 113 cm³/mol. The molecule has 0 aliphatic heterocycles. The smallest absolute Gasteiger partial charge is 0.334 e. The van der Waals surface area contributed by atoms with E-state index in [1.165, 1.54) is 27.7 Å². The highest BCUT2D eigenvalue weighted by molar-refractivity contribution is 5.75. The van der Waals surface area contributed by atoms with Gasteiger partial charge in [-0.15, -0.1) is 0 Å². The zero-order valence-corrected chi connectivity index (χ0v) is 16.6. The number of aryl methyl sites for hydroxylation is 2. The van der Waals surface area contributed by atoms with E-state index in [1.807, 2.05) is 6.92 Å². The van der Waals surface area contributed by atoms with E-state index in [1.54, 1.807) is 19.3 Å². The molecule has 162 valence electrons. The quantitative estimate of drug-likeness (QED) is 0.352. The molecule has 4 aromatic rings. The van der Waals surface area contributed by atoms with Gasteiger partial charge in [0, 0.05) is 14.7 Å². The average Bonchev–Trinajstić information content (AvgIpc) is 3.26. The van der Waals surface area contributed by atoms with Gasteiger partial charge < -0.3 is 11.1 Å². The molecule has 0 atom stereocenters. The number of halogens is 2. The van der Waals surface area contributed by atoms with Crippen molar-refractivity contribution < 1.29 is 10.2 Å². The Morgan fingerprint density at radius 3 is 2.84 bits per heavy atom. The van der Waals surface area contributed by atoms with Gasteiger partial charge in [-0.05, 0) is 18.6 Å². The van der Waals surface area contributed by atoms with Gasteiger partial charge in [-0.3, -0.25) is 9.25 Å². The number of hydrogen-bond acceptors (Lipinski definition) is 7. The highest BCUT2D eigenvalue weighted by atomic mass is 19.3. The van der Waals surface area contributed by atoms with Gasteiger partial charge in [-0.1, -0.05) is 0 Å². The Morgan fingerprint density at radius 2 is 2.13 bits per heavy atom. The number of rotatable bonds is 6. The highest BCUT2D eigenvalue weighted by Crippen LogP contribution is 2.22. The molecule has 0 aromatic carbocycles. The van der Waals surface area contributed by atoms with Crippen LogP contribution in [0.1, 0.15) is 6.99 Å². The number of aromatic nitrogens is 7. The van der Waals surface area contributed by atoms with Crippen LogP contribution in [0.5, 0.6) is 0 Å². The summed E-state index contributed by atoms with van der Waals surface area (Å²) in [6.07, 6.45) is 4.37. The number of alkyl halides is 2. The first kappa shape index (κ1) is 20.1. The molecule has 11 nitrogen and oxygen atoms in total. The molecule has 0 fully saturated rings. The van der Waals surface area contributed by atoms with E-state index in [9.17, 15) is 13.6 Å². The number of fused-ring (bicyclic) bond motifs is 1. The van der Waals surface area contributed by atoms with Crippen molar-refractivity contribution in [1.82, 2.24) is 33.9 Å². The van der Waals surface area contributed by atoms with Crippen molar-refractivity contribution in [3.8, 4) is 5.69 Å². The molecule has 0 saturated heterocycles. The summed E-state index contributed by atoms with van der Waals surface area (Å²) in [5.41, 5.74) is 7.45. The molecule has 0 bridgehead atoms. The number of imidazole rings is 1. The van der Waals surface area contributed by atoms with Gasteiger partial charge in [0.15, 0.2) is 11.5 Å². The molecule has 4 aromatic heterocycles. The Kier molecular flexibility index (Phi) is 5.15. The fourth-order valence-electron chi connectivity index (χ4n) is 3.05. The minimum Gasteiger partial charge on any atom is -0.390 e. The van der Waals surface area contributed by atoms with E-state index in [0.29, 0.717) is 28.4 Å². The van der Waals surface area contributed by atoms with Crippen LogP contribution < -0.4 is 16.7 Å². The van der Waals surface area contributed by atoms with Crippen molar-refractivity contribution in [2.75, 3.05) is 5.32 Å². The molecule has 0 radical (unpaired) electrons. The van der Waals surface area contributed by atoms with Crippen LogP contribution in [0.2, 0.25) is 0 Å². The summed E-state index contributed by atoms with van der Waals surface area (Å²) >= 11 is 0. The van der Waals surface area contributed by atoms with Crippen molar-refractivity contribution in [3.05, 3.63) is 46.9 Å². The van der Waals surface area contributed by atoms with Crippen molar-refractivity contribution in [3.63, 3.8) is 0 Å². The number of nitrogens with two attached hydrogens (primary N) is 1. The zero-order chi connectivity index (χ0) is 22.1. The number of hydrogen-bond donors (Lipinski definition) is 2. The summed E-state index contributed by atoms with van der Waals surface area (Å²) in [7, 11) is 1.58. The van der Waals surface area contributed by atoms with E-state index in [0.717, 1.165) is 16.6 Å². The molecule has 0 aliphatic carbocycles. The van der Waals surface area contributed by atoms with E-state index >= 15 is 0 Å². The SMILES string of the molecule is Cc1cc(N=CN)ncc1Nc1ncc2c(n1)n(-c1cnn(CC(F)F)c1)c(=O)n2C.[HH]. The molecule has 0 saturated carbocycles. The topological polar surface area (TPSA) is 134 Å². The van der Waals surface area contributed by atoms with Crippen molar-refractivity contribution in [2.24, 2.45) is 17.8 Å². The fourth-order valence-corrected chi connectivity index (χ4v) is 3.05. The van der Waals surface area contributed by atoms with Gasteiger partial charge in [0.1, 0.15) is 12.1 Å². The minimum absolute atomic E-state index is 0. The lowest BCUT2D eigenvalue weighted by molar-refractivity contribution is 0.122. The molecule has 0 aliphatic rings. The van der Waals surface area contributed by atoms with Crippen LogP contribution >= 0.6 is 0 Å². The molecular weight excluding hydrogens is 410 g/mol. The van der Waals surface area contributed by atoms with Crippen LogP contribution in [0.25, 0.3) is 16.9 Å². The summed E-state index contributed by atoms with van der Waals surface area (Å²) in [5, 5.41) is 6.95. The number of nitrogens with one attached hydrogen (secondary N) is 1. The molecule has 3 N–H and O–H groups in total. The lowest BCUT2D eigenvalue weighted by Gasteiger charge is -2.08. The molecular formula is C18H20F2N10O. The van der Waals surface area contributed by atoms with Crippen LogP contribution in [0.15, 0.2) is 40.6 Å². The Labute approximate surface area is 175 Å². The third-order valence-electron chi connectivity index (χ3n) is 4.55. The first-order chi connectivity index (χ1) is 14.9. The molecule has 4 heterocycles. The van der Waals surface area contributed by atoms with E-state index in [4.69, 9.17) is 5.73 Å². The van der Waals surface area contributed by atoms with Crippen LogP contribution in [0.4, 0.5) is 26.2 Å². The van der Waals surface area contributed by atoms with E-state index in [-0.39, 0.29) is 7.37 Å². The Morgan fingerprint density at radius 1 is 1.32 bits per heavy atom. The summed E-state index contributed by atoms with van der Waals surface area (Å²) in [5.74, 6) is 0.687. The second kappa shape index (κ2) is 7.93. The van der Waals surface area contributed by atoms with Crippen molar-refractivity contribution in [2.45, 2.75) is 19.9 Å². The predicted octanol–water partition coefficient (Wildman–Crippen LogP) is 1.89. The molecule has 0 unspecified atom stereocenters. The standard InChI is InChI=1S/C18H18F2N10O.H2/c1-10-3-15(24-9-21)22-5-12(10)26-17-23-6-13-16(27-17)30(18(31)28(13)2)11-4-25-29(7-11)8-14(19)20;/h3-7,9,14H,8H2,1-2H3,(H2,21,22,24)(H,23,26,27);1H. The molecule has 0 spiro atoms. The molecule has 13 heteroatoms. The molecule has 31 heavy (non-hydrogen) atoms. The van der Waals surface area contributed by atoms with Crippen LogP contribution in [-0.2, 0) is 13.6 Å². The zero-order valence-electron chi connectivity index (χ0n) is 16.6. The summed E-state index contributed by atoms with van der Waals surface area (Å²) in [6.45, 7) is 1.28. The fraction of sp³-hybridized carbons (Fsp3) is 0.222. The Hall–Kier alpha value is -4.16. The van der Waals surface area contributed by atoms with Gasteiger partial charge >= 0.3 is 5.69 Å². The van der Waals surface area contributed by atoms with E-state index < -0.39 is 18.7 Å². The van der Waals surface area contributed by atoms with Gasteiger partial charge in [0.2, 0.25) is 5.95 Å². The van der Waals surface area contributed by atoms with E-state index in [2.05, 4.69) is 30.4 Å². The van der Waals surface area contributed by atoms with Crippen molar-refractivity contribution in [1.29, 1.82) is 0 Å². The average molecular weight is 430 g/mol. The Balaban J connectivity index is 0.00000289. The normalized spacial score (nSPS) is 11.8. The highest BCUT2D eigenvalue weighted by Gasteiger charge is 2.17. The van der Waals surface area contributed by atoms with Crippen LogP contribution in [-0.4, -0.2) is 46.6 Å². The largest absolute Gasteiger partial charge is 0.390 e. The minimum atomic E-state index is -2.56. The lowest BCUT2D eigenvalue weighted by Crippen LogP contribution is -2.20. The van der Waals surface area contributed by atoms with Gasteiger partial charge in [-0.2, -0.15) is 10.1 Å². The maximum atomic E-state index is 12.8. The van der Waals surface area contributed by atoms with Crippen LogP contribution in [0.3, 0.4) is 0 Å². The number of aliphatic imine (C=N–C) groups is 1. The summed E-state index contributed by atoms with van der Waals surface area (Å²) < 4.78 is 29.0. The first-order valence-corrected chi connectivity index (χ1v) is 9.10. The second-order valence-corrected chi connectivity index (χ2v) is 6.65. The monoisotopic (exact) mass is 430 g/mol. The first-order valence-electron chi connectivity index (χ1n) is 9.10. The third-order valence-corrected chi connectivity index (χ3v) is 4.55. The van der Waals surface area contributed by atoms with Gasteiger partial charge in [0.05, 0.1) is 36.3 Å². The number of anilines is 2. The van der Waals surface area contributed by atoms with Crippen molar-refractivity contribution >= 4 is 35.0 Å². The van der Waals surface area contributed by atoms with Gasteiger partial charge in [0.25, 0.3) is 6.43 Å². The molecule has 4 rings (SSSR count). The maximum Gasteiger partial charge on any atom is 0.334 e.